The molecular weight excluding hydrogens is 332 g/mol. The van der Waals surface area contributed by atoms with Gasteiger partial charge in [-0.3, -0.25) is 4.79 Å². The SMILES string of the molecule is Nc1ccc(Cl)cc1NC(=O)c1ccc(Br)cc1O. The average molecular weight is 342 g/mol. The summed E-state index contributed by atoms with van der Waals surface area (Å²) < 4.78 is 0.684. The van der Waals surface area contributed by atoms with Gasteiger partial charge in [-0.1, -0.05) is 27.5 Å². The number of nitrogens with one attached hydrogen (secondary N) is 1. The van der Waals surface area contributed by atoms with Crippen molar-refractivity contribution in [3.05, 3.63) is 51.5 Å². The van der Waals surface area contributed by atoms with Gasteiger partial charge >= 0.3 is 0 Å². The average Bonchev–Trinajstić information content (AvgIpc) is 2.33. The molecule has 2 aromatic rings. The Bertz CT molecular complexity index is 647. The van der Waals surface area contributed by atoms with E-state index >= 15 is 0 Å². The highest BCUT2D eigenvalue weighted by Crippen LogP contribution is 2.26. The molecule has 0 saturated carbocycles. The molecule has 2 rings (SSSR count). The molecule has 6 heteroatoms. The van der Waals surface area contributed by atoms with Crippen molar-refractivity contribution in [1.29, 1.82) is 0 Å². The molecule has 0 aliphatic carbocycles. The lowest BCUT2D eigenvalue weighted by atomic mass is 10.2. The number of carbonyl (C=O) groups excluding carboxylic acids is 1. The number of phenolic OH excluding ortho intramolecular Hbond substituents is 1. The van der Waals surface area contributed by atoms with Gasteiger partial charge in [0.1, 0.15) is 5.75 Å². The van der Waals surface area contributed by atoms with E-state index in [0.717, 1.165) is 0 Å². The molecule has 0 aromatic heterocycles. The number of halogens is 2. The molecule has 4 nitrogen and oxygen atoms in total. The normalized spacial score (nSPS) is 10.2. The van der Waals surface area contributed by atoms with Crippen LogP contribution in [0.3, 0.4) is 0 Å². The van der Waals surface area contributed by atoms with E-state index in [-0.39, 0.29) is 11.3 Å². The summed E-state index contributed by atoms with van der Waals surface area (Å²) in [5, 5.41) is 12.8. The number of nitrogen functional groups attached to an aromatic ring is 1. The number of hydrogen-bond donors (Lipinski definition) is 3. The Hall–Kier alpha value is -1.72. The molecule has 0 heterocycles. The summed E-state index contributed by atoms with van der Waals surface area (Å²) in [4.78, 5) is 12.0. The van der Waals surface area contributed by atoms with Crippen molar-refractivity contribution in [2.75, 3.05) is 11.1 Å². The maximum absolute atomic E-state index is 12.0. The fraction of sp³-hybridized carbons (Fsp3) is 0. The minimum atomic E-state index is -0.459. The first-order valence-corrected chi connectivity index (χ1v) is 6.49. The van der Waals surface area contributed by atoms with Gasteiger partial charge in [-0.2, -0.15) is 0 Å². The molecule has 19 heavy (non-hydrogen) atoms. The Labute approximate surface area is 123 Å². The Morgan fingerprint density at radius 1 is 1.26 bits per heavy atom. The summed E-state index contributed by atoms with van der Waals surface area (Å²) in [7, 11) is 0. The first-order chi connectivity index (χ1) is 8.97. The van der Waals surface area contributed by atoms with Crippen LogP contribution in [0.1, 0.15) is 10.4 Å². The van der Waals surface area contributed by atoms with E-state index in [1.54, 1.807) is 24.3 Å². The zero-order chi connectivity index (χ0) is 14.0. The minimum absolute atomic E-state index is 0.118. The van der Waals surface area contributed by atoms with Gasteiger partial charge in [-0.15, -0.1) is 0 Å². The summed E-state index contributed by atoms with van der Waals surface area (Å²) >= 11 is 9.04. The number of anilines is 2. The molecule has 0 unspecified atom stereocenters. The number of benzene rings is 2. The monoisotopic (exact) mass is 340 g/mol. The van der Waals surface area contributed by atoms with Crippen molar-refractivity contribution in [3.63, 3.8) is 0 Å². The molecule has 0 spiro atoms. The molecule has 0 atom stereocenters. The lowest BCUT2D eigenvalue weighted by Crippen LogP contribution is -2.13. The van der Waals surface area contributed by atoms with Crippen molar-refractivity contribution < 1.29 is 9.90 Å². The Morgan fingerprint density at radius 3 is 2.68 bits per heavy atom. The van der Waals surface area contributed by atoms with E-state index in [1.165, 1.54) is 12.1 Å². The Kier molecular flexibility index (Phi) is 3.97. The van der Waals surface area contributed by atoms with Crippen LogP contribution in [0.4, 0.5) is 11.4 Å². The zero-order valence-corrected chi connectivity index (χ0v) is 12.0. The maximum Gasteiger partial charge on any atom is 0.259 e. The number of hydrogen-bond acceptors (Lipinski definition) is 3. The van der Waals surface area contributed by atoms with Crippen molar-refractivity contribution in [2.45, 2.75) is 0 Å². The third-order valence-electron chi connectivity index (χ3n) is 2.47. The molecule has 0 fully saturated rings. The number of amides is 1. The minimum Gasteiger partial charge on any atom is -0.507 e. The second kappa shape index (κ2) is 5.50. The lowest BCUT2D eigenvalue weighted by molar-refractivity contribution is 0.102. The molecule has 0 bridgehead atoms. The van der Waals surface area contributed by atoms with Crippen molar-refractivity contribution in [2.24, 2.45) is 0 Å². The first kappa shape index (κ1) is 13.7. The van der Waals surface area contributed by atoms with E-state index < -0.39 is 5.91 Å². The molecule has 0 aliphatic rings. The quantitative estimate of drug-likeness (QED) is 0.730. The van der Waals surface area contributed by atoms with Crippen molar-refractivity contribution in [1.82, 2.24) is 0 Å². The highest BCUT2D eigenvalue weighted by molar-refractivity contribution is 9.10. The van der Waals surface area contributed by atoms with Crippen LogP contribution in [0.2, 0.25) is 5.02 Å². The Balaban J connectivity index is 2.28. The van der Waals surface area contributed by atoms with Crippen LogP contribution in [0, 0.1) is 0 Å². The van der Waals surface area contributed by atoms with Gasteiger partial charge in [0.2, 0.25) is 0 Å². The second-order valence-corrected chi connectivity index (χ2v) is 5.20. The first-order valence-electron chi connectivity index (χ1n) is 5.32. The van der Waals surface area contributed by atoms with Crippen LogP contribution in [-0.4, -0.2) is 11.0 Å². The lowest BCUT2D eigenvalue weighted by Gasteiger charge is -2.09. The van der Waals surface area contributed by atoms with E-state index in [2.05, 4.69) is 21.2 Å². The molecule has 98 valence electrons. The smallest absolute Gasteiger partial charge is 0.259 e. The molecule has 4 N–H and O–H groups in total. The number of aromatic hydroxyl groups is 1. The van der Waals surface area contributed by atoms with Crippen LogP contribution in [0.5, 0.6) is 5.75 Å². The number of nitrogens with two attached hydrogens (primary N) is 1. The third kappa shape index (κ3) is 3.19. The molecular formula is C13H10BrClN2O2. The van der Waals surface area contributed by atoms with Gasteiger partial charge in [0, 0.05) is 9.50 Å². The van der Waals surface area contributed by atoms with Crippen molar-refractivity contribution in [3.8, 4) is 5.75 Å². The fourth-order valence-electron chi connectivity index (χ4n) is 1.52. The molecule has 0 radical (unpaired) electrons. The van der Waals surface area contributed by atoms with Gasteiger partial charge < -0.3 is 16.2 Å². The maximum atomic E-state index is 12.0. The summed E-state index contributed by atoms with van der Waals surface area (Å²) in [6.45, 7) is 0. The van der Waals surface area contributed by atoms with Crippen molar-refractivity contribution >= 4 is 44.8 Å². The summed E-state index contributed by atoms with van der Waals surface area (Å²) in [6, 6.07) is 9.38. The van der Waals surface area contributed by atoms with Gasteiger partial charge in [-0.05, 0) is 36.4 Å². The van der Waals surface area contributed by atoms with Crippen LogP contribution in [-0.2, 0) is 0 Å². The van der Waals surface area contributed by atoms with Crippen LogP contribution in [0.25, 0.3) is 0 Å². The highest BCUT2D eigenvalue weighted by atomic mass is 79.9. The molecule has 0 saturated heterocycles. The zero-order valence-electron chi connectivity index (χ0n) is 9.65. The fourth-order valence-corrected chi connectivity index (χ4v) is 2.04. The number of rotatable bonds is 2. The van der Waals surface area contributed by atoms with Gasteiger partial charge in [0.15, 0.2) is 0 Å². The molecule has 1 amide bonds. The van der Waals surface area contributed by atoms with Gasteiger partial charge in [0.25, 0.3) is 5.91 Å². The van der Waals surface area contributed by atoms with E-state index in [4.69, 9.17) is 17.3 Å². The summed E-state index contributed by atoms with van der Waals surface area (Å²) in [5.41, 5.74) is 6.69. The second-order valence-electron chi connectivity index (χ2n) is 3.85. The number of phenols is 1. The van der Waals surface area contributed by atoms with E-state index in [1.807, 2.05) is 0 Å². The van der Waals surface area contributed by atoms with Gasteiger partial charge in [0.05, 0.1) is 16.9 Å². The van der Waals surface area contributed by atoms with Crippen LogP contribution >= 0.6 is 27.5 Å². The Morgan fingerprint density at radius 2 is 2.00 bits per heavy atom. The third-order valence-corrected chi connectivity index (χ3v) is 3.20. The molecule has 2 aromatic carbocycles. The largest absolute Gasteiger partial charge is 0.507 e. The topological polar surface area (TPSA) is 75.3 Å². The number of carbonyl (C=O) groups is 1. The molecule has 0 aliphatic heterocycles. The summed E-state index contributed by atoms with van der Waals surface area (Å²) in [6.07, 6.45) is 0. The van der Waals surface area contributed by atoms with E-state index in [0.29, 0.717) is 20.9 Å². The predicted octanol–water partition coefficient (Wildman–Crippen LogP) is 3.64. The highest BCUT2D eigenvalue weighted by Gasteiger charge is 2.13. The van der Waals surface area contributed by atoms with Crippen LogP contribution in [0.15, 0.2) is 40.9 Å². The van der Waals surface area contributed by atoms with E-state index in [9.17, 15) is 9.90 Å². The predicted molar refractivity (Wildman–Crippen MR) is 79.6 cm³/mol. The standard InChI is InChI=1S/C13H10BrClN2O2/c14-7-1-3-9(12(18)5-7)13(19)17-11-6-8(15)2-4-10(11)16/h1-6,18H,16H2,(H,17,19). The van der Waals surface area contributed by atoms with Gasteiger partial charge in [-0.25, -0.2) is 0 Å². The summed E-state index contributed by atoms with van der Waals surface area (Å²) in [5.74, 6) is -0.577. The van der Waals surface area contributed by atoms with Crippen LogP contribution < -0.4 is 11.1 Å².